The molecule has 1 aliphatic rings. The average molecular weight is 156 g/mol. The SMILES string of the molecule is CC(C)(C)C1CCNC(N)C1. The van der Waals surface area contributed by atoms with Crippen molar-refractivity contribution in [3.63, 3.8) is 0 Å². The predicted octanol–water partition coefficient (Wildman–Crippen LogP) is 1.32. The molecule has 0 saturated carbocycles. The molecule has 2 heteroatoms. The lowest BCUT2D eigenvalue weighted by atomic mass is 9.75. The molecule has 0 aromatic heterocycles. The van der Waals surface area contributed by atoms with E-state index in [0.717, 1.165) is 18.9 Å². The number of piperidine rings is 1. The molecule has 0 aromatic carbocycles. The van der Waals surface area contributed by atoms with Crippen LogP contribution in [0.15, 0.2) is 0 Å². The fourth-order valence-corrected chi connectivity index (χ4v) is 1.74. The maximum absolute atomic E-state index is 5.81. The maximum Gasteiger partial charge on any atom is 0.0549 e. The minimum atomic E-state index is 0.230. The summed E-state index contributed by atoms with van der Waals surface area (Å²) in [4.78, 5) is 0. The molecule has 2 nitrogen and oxygen atoms in total. The van der Waals surface area contributed by atoms with E-state index in [9.17, 15) is 0 Å². The molecule has 0 radical (unpaired) electrons. The predicted molar refractivity (Wildman–Crippen MR) is 48.2 cm³/mol. The van der Waals surface area contributed by atoms with E-state index < -0.39 is 0 Å². The third kappa shape index (κ3) is 2.46. The number of rotatable bonds is 0. The summed E-state index contributed by atoms with van der Waals surface area (Å²) in [5, 5.41) is 3.26. The van der Waals surface area contributed by atoms with Gasteiger partial charge in [0.2, 0.25) is 0 Å². The first-order valence-electron chi connectivity index (χ1n) is 4.49. The molecule has 1 saturated heterocycles. The Bertz CT molecular complexity index is 126. The molecule has 0 amide bonds. The van der Waals surface area contributed by atoms with Gasteiger partial charge in [-0.1, -0.05) is 20.8 Å². The normalized spacial score (nSPS) is 33.8. The molecular weight excluding hydrogens is 136 g/mol. The molecule has 1 rings (SSSR count). The highest BCUT2D eigenvalue weighted by Crippen LogP contribution is 2.33. The first-order chi connectivity index (χ1) is 5.00. The summed E-state index contributed by atoms with van der Waals surface area (Å²) in [6.07, 6.45) is 2.63. The fraction of sp³-hybridized carbons (Fsp3) is 1.00. The third-order valence-electron chi connectivity index (χ3n) is 2.66. The molecule has 3 N–H and O–H groups in total. The highest BCUT2D eigenvalue weighted by Gasteiger charge is 2.28. The molecule has 0 spiro atoms. The van der Waals surface area contributed by atoms with Crippen molar-refractivity contribution < 1.29 is 0 Å². The topological polar surface area (TPSA) is 38.0 Å². The molecular formula is C9H20N2. The van der Waals surface area contributed by atoms with Crippen LogP contribution in [-0.4, -0.2) is 12.7 Å². The molecule has 2 unspecified atom stereocenters. The van der Waals surface area contributed by atoms with Crippen molar-refractivity contribution in [2.45, 2.75) is 39.8 Å². The van der Waals surface area contributed by atoms with Crippen LogP contribution in [-0.2, 0) is 0 Å². The largest absolute Gasteiger partial charge is 0.316 e. The van der Waals surface area contributed by atoms with Gasteiger partial charge >= 0.3 is 0 Å². The summed E-state index contributed by atoms with van der Waals surface area (Å²) in [5.41, 5.74) is 6.24. The molecule has 2 atom stereocenters. The van der Waals surface area contributed by atoms with Gasteiger partial charge in [0.1, 0.15) is 0 Å². The number of nitrogens with one attached hydrogen (secondary N) is 1. The summed E-state index contributed by atoms with van der Waals surface area (Å²) < 4.78 is 0. The van der Waals surface area contributed by atoms with Crippen LogP contribution in [0.3, 0.4) is 0 Å². The molecule has 1 aliphatic heterocycles. The molecule has 0 bridgehead atoms. The van der Waals surface area contributed by atoms with Gasteiger partial charge in [-0.15, -0.1) is 0 Å². The van der Waals surface area contributed by atoms with E-state index in [1.807, 2.05) is 0 Å². The van der Waals surface area contributed by atoms with Gasteiger partial charge in [-0.3, -0.25) is 0 Å². The Morgan fingerprint density at radius 2 is 2.00 bits per heavy atom. The van der Waals surface area contributed by atoms with Crippen LogP contribution < -0.4 is 11.1 Å². The third-order valence-corrected chi connectivity index (χ3v) is 2.66. The smallest absolute Gasteiger partial charge is 0.0549 e. The van der Waals surface area contributed by atoms with E-state index in [1.54, 1.807) is 0 Å². The Morgan fingerprint density at radius 1 is 1.36 bits per heavy atom. The number of hydrogen-bond acceptors (Lipinski definition) is 2. The van der Waals surface area contributed by atoms with Crippen molar-refractivity contribution in [2.24, 2.45) is 17.1 Å². The van der Waals surface area contributed by atoms with E-state index in [1.165, 1.54) is 6.42 Å². The highest BCUT2D eigenvalue weighted by molar-refractivity contribution is 4.81. The van der Waals surface area contributed by atoms with Crippen molar-refractivity contribution in [3.05, 3.63) is 0 Å². The van der Waals surface area contributed by atoms with Gasteiger partial charge in [-0.2, -0.15) is 0 Å². The Balaban J connectivity index is 2.46. The molecule has 0 aromatic rings. The zero-order valence-electron chi connectivity index (χ0n) is 7.85. The van der Waals surface area contributed by atoms with Crippen molar-refractivity contribution in [1.29, 1.82) is 0 Å². The van der Waals surface area contributed by atoms with Gasteiger partial charge in [0.15, 0.2) is 0 Å². The number of nitrogens with two attached hydrogens (primary N) is 1. The summed E-state index contributed by atoms with van der Waals surface area (Å²) in [7, 11) is 0. The molecule has 1 fully saturated rings. The lowest BCUT2D eigenvalue weighted by Crippen LogP contribution is -2.46. The second-order valence-corrected chi connectivity index (χ2v) is 4.65. The standard InChI is InChI=1S/C9H20N2/c1-9(2,3)7-4-5-11-8(10)6-7/h7-8,11H,4-6,10H2,1-3H3. The van der Waals surface area contributed by atoms with Crippen LogP contribution in [0.1, 0.15) is 33.6 Å². The minimum Gasteiger partial charge on any atom is -0.316 e. The van der Waals surface area contributed by atoms with Crippen LogP contribution in [0.25, 0.3) is 0 Å². The number of hydrogen-bond donors (Lipinski definition) is 2. The first-order valence-corrected chi connectivity index (χ1v) is 4.49. The van der Waals surface area contributed by atoms with Crippen LogP contribution >= 0.6 is 0 Å². The summed E-state index contributed by atoms with van der Waals surface area (Å²) >= 11 is 0. The molecule has 11 heavy (non-hydrogen) atoms. The first kappa shape index (κ1) is 9.01. The van der Waals surface area contributed by atoms with Crippen molar-refractivity contribution in [2.75, 3.05) is 6.54 Å². The molecule has 0 aliphatic carbocycles. The van der Waals surface area contributed by atoms with Crippen LogP contribution in [0, 0.1) is 11.3 Å². The summed E-state index contributed by atoms with van der Waals surface area (Å²) in [6.45, 7) is 7.99. The zero-order valence-corrected chi connectivity index (χ0v) is 7.85. The van der Waals surface area contributed by atoms with Crippen molar-refractivity contribution in [1.82, 2.24) is 5.32 Å². The van der Waals surface area contributed by atoms with E-state index in [-0.39, 0.29) is 6.17 Å². The van der Waals surface area contributed by atoms with Gasteiger partial charge in [-0.25, -0.2) is 0 Å². The van der Waals surface area contributed by atoms with Gasteiger partial charge in [-0.05, 0) is 30.7 Å². The summed E-state index contributed by atoms with van der Waals surface area (Å²) in [6, 6.07) is 0. The van der Waals surface area contributed by atoms with E-state index in [2.05, 4.69) is 26.1 Å². The van der Waals surface area contributed by atoms with E-state index in [4.69, 9.17) is 5.73 Å². The average Bonchev–Trinajstić information content (AvgIpc) is 1.86. The van der Waals surface area contributed by atoms with Gasteiger partial charge < -0.3 is 11.1 Å². The summed E-state index contributed by atoms with van der Waals surface area (Å²) in [5.74, 6) is 0.791. The monoisotopic (exact) mass is 156 g/mol. The fourth-order valence-electron chi connectivity index (χ4n) is 1.74. The molecule has 66 valence electrons. The van der Waals surface area contributed by atoms with E-state index >= 15 is 0 Å². The van der Waals surface area contributed by atoms with Crippen LogP contribution in [0.2, 0.25) is 0 Å². The minimum absolute atomic E-state index is 0.230. The highest BCUT2D eigenvalue weighted by atomic mass is 15.0. The Kier molecular flexibility index (Phi) is 2.55. The van der Waals surface area contributed by atoms with Gasteiger partial charge in [0.05, 0.1) is 6.17 Å². The van der Waals surface area contributed by atoms with Crippen molar-refractivity contribution >= 4 is 0 Å². The van der Waals surface area contributed by atoms with Crippen LogP contribution in [0.4, 0.5) is 0 Å². The Morgan fingerprint density at radius 3 is 2.36 bits per heavy atom. The second-order valence-electron chi connectivity index (χ2n) is 4.65. The Hall–Kier alpha value is -0.0800. The molecule has 1 heterocycles. The van der Waals surface area contributed by atoms with Crippen LogP contribution in [0.5, 0.6) is 0 Å². The Labute approximate surface area is 69.5 Å². The van der Waals surface area contributed by atoms with Gasteiger partial charge in [0.25, 0.3) is 0 Å². The zero-order chi connectivity index (χ0) is 8.48. The quantitative estimate of drug-likeness (QED) is 0.555. The van der Waals surface area contributed by atoms with Crippen molar-refractivity contribution in [3.8, 4) is 0 Å². The second kappa shape index (κ2) is 3.11. The van der Waals surface area contributed by atoms with Gasteiger partial charge in [0, 0.05) is 0 Å². The van der Waals surface area contributed by atoms with E-state index in [0.29, 0.717) is 5.41 Å². The lowest BCUT2D eigenvalue weighted by Gasteiger charge is -2.36. The lowest BCUT2D eigenvalue weighted by molar-refractivity contribution is 0.162. The maximum atomic E-state index is 5.81.